The SMILES string of the molecule is Cc1nc(SCC(O)COCc2ccc3c(c2)OCO3)n[nH]1. The van der Waals surface area contributed by atoms with Crippen molar-refractivity contribution >= 4 is 11.8 Å². The minimum atomic E-state index is -0.571. The fraction of sp³-hybridized carbons (Fsp3) is 0.429. The van der Waals surface area contributed by atoms with E-state index in [9.17, 15) is 5.11 Å². The second-order valence-corrected chi connectivity index (χ2v) is 5.86. The van der Waals surface area contributed by atoms with E-state index in [-0.39, 0.29) is 13.4 Å². The molecule has 1 aliphatic rings. The van der Waals surface area contributed by atoms with E-state index < -0.39 is 6.10 Å². The van der Waals surface area contributed by atoms with Crippen molar-refractivity contribution in [3.05, 3.63) is 29.6 Å². The zero-order valence-electron chi connectivity index (χ0n) is 12.1. The molecule has 118 valence electrons. The molecule has 0 aliphatic carbocycles. The lowest BCUT2D eigenvalue weighted by Crippen LogP contribution is -2.18. The Balaban J connectivity index is 1.39. The number of nitrogens with zero attached hydrogens (tertiary/aromatic N) is 2. The Labute approximate surface area is 132 Å². The molecule has 1 aromatic carbocycles. The van der Waals surface area contributed by atoms with E-state index in [0.29, 0.717) is 17.5 Å². The summed E-state index contributed by atoms with van der Waals surface area (Å²) >= 11 is 1.39. The Morgan fingerprint density at radius 1 is 1.41 bits per heavy atom. The third-order valence-electron chi connectivity index (χ3n) is 3.00. The monoisotopic (exact) mass is 323 g/mol. The van der Waals surface area contributed by atoms with Gasteiger partial charge in [0.25, 0.3) is 0 Å². The quantitative estimate of drug-likeness (QED) is 0.747. The number of H-pyrrole nitrogens is 1. The van der Waals surface area contributed by atoms with Crippen molar-refractivity contribution in [2.24, 2.45) is 0 Å². The van der Waals surface area contributed by atoms with E-state index in [4.69, 9.17) is 14.2 Å². The molecule has 2 N–H and O–H groups in total. The van der Waals surface area contributed by atoms with Gasteiger partial charge in [-0.15, -0.1) is 5.10 Å². The van der Waals surface area contributed by atoms with Crippen molar-refractivity contribution in [2.45, 2.75) is 24.8 Å². The maximum absolute atomic E-state index is 9.89. The number of hydrogen-bond donors (Lipinski definition) is 2. The van der Waals surface area contributed by atoms with Crippen LogP contribution in [0.2, 0.25) is 0 Å². The molecule has 1 aromatic heterocycles. The van der Waals surface area contributed by atoms with Crippen LogP contribution in [0.1, 0.15) is 11.4 Å². The van der Waals surface area contributed by atoms with E-state index in [1.807, 2.05) is 25.1 Å². The molecule has 0 fully saturated rings. The summed E-state index contributed by atoms with van der Waals surface area (Å²) in [5.74, 6) is 2.73. The fourth-order valence-electron chi connectivity index (χ4n) is 1.95. The highest BCUT2D eigenvalue weighted by Crippen LogP contribution is 2.32. The van der Waals surface area contributed by atoms with Crippen molar-refractivity contribution in [3.8, 4) is 11.5 Å². The van der Waals surface area contributed by atoms with E-state index in [1.165, 1.54) is 11.8 Å². The van der Waals surface area contributed by atoms with Gasteiger partial charge in [-0.1, -0.05) is 17.8 Å². The summed E-state index contributed by atoms with van der Waals surface area (Å²) in [4.78, 5) is 4.16. The Morgan fingerprint density at radius 2 is 2.27 bits per heavy atom. The zero-order valence-corrected chi connectivity index (χ0v) is 12.9. The molecule has 1 unspecified atom stereocenters. The molecule has 2 aromatic rings. The summed E-state index contributed by atoms with van der Waals surface area (Å²) in [7, 11) is 0. The number of fused-ring (bicyclic) bond motifs is 1. The second-order valence-electron chi connectivity index (χ2n) is 4.87. The maximum Gasteiger partial charge on any atom is 0.231 e. The molecule has 1 atom stereocenters. The highest BCUT2D eigenvalue weighted by atomic mass is 32.2. The number of aliphatic hydroxyl groups excluding tert-OH is 1. The van der Waals surface area contributed by atoms with Crippen LogP contribution in [0.3, 0.4) is 0 Å². The van der Waals surface area contributed by atoms with Crippen molar-refractivity contribution < 1.29 is 19.3 Å². The van der Waals surface area contributed by atoms with Crippen LogP contribution in [-0.4, -0.2) is 45.5 Å². The first-order chi connectivity index (χ1) is 10.7. The average molecular weight is 323 g/mol. The van der Waals surface area contributed by atoms with Gasteiger partial charge in [0.2, 0.25) is 11.9 Å². The van der Waals surface area contributed by atoms with Crippen LogP contribution in [-0.2, 0) is 11.3 Å². The van der Waals surface area contributed by atoms with Crippen molar-refractivity contribution in [3.63, 3.8) is 0 Å². The lowest BCUT2D eigenvalue weighted by atomic mass is 10.2. The van der Waals surface area contributed by atoms with Crippen LogP contribution in [0.25, 0.3) is 0 Å². The second kappa shape index (κ2) is 6.99. The number of aliphatic hydroxyl groups is 1. The third-order valence-corrected chi connectivity index (χ3v) is 3.99. The third kappa shape index (κ3) is 3.90. The molecule has 0 saturated heterocycles. The molecule has 22 heavy (non-hydrogen) atoms. The van der Waals surface area contributed by atoms with E-state index >= 15 is 0 Å². The highest BCUT2D eigenvalue weighted by molar-refractivity contribution is 7.99. The van der Waals surface area contributed by atoms with Crippen LogP contribution >= 0.6 is 11.8 Å². The first-order valence-corrected chi connectivity index (χ1v) is 7.85. The average Bonchev–Trinajstić information content (AvgIpc) is 3.13. The van der Waals surface area contributed by atoms with Crippen molar-refractivity contribution in [1.82, 2.24) is 15.2 Å². The van der Waals surface area contributed by atoms with E-state index in [0.717, 1.165) is 22.9 Å². The summed E-state index contributed by atoms with van der Waals surface area (Å²) in [6.45, 7) is 2.77. The number of thioether (sulfide) groups is 1. The van der Waals surface area contributed by atoms with Crippen LogP contribution in [0, 0.1) is 6.92 Å². The maximum atomic E-state index is 9.89. The van der Waals surface area contributed by atoms with Crippen LogP contribution in [0.4, 0.5) is 0 Å². The molecule has 0 spiro atoms. The predicted molar refractivity (Wildman–Crippen MR) is 80.1 cm³/mol. The Hall–Kier alpha value is -1.77. The molecule has 2 heterocycles. The molecule has 0 radical (unpaired) electrons. The molecule has 8 heteroatoms. The van der Waals surface area contributed by atoms with E-state index in [1.54, 1.807) is 0 Å². The van der Waals surface area contributed by atoms with E-state index in [2.05, 4.69) is 15.2 Å². The smallest absolute Gasteiger partial charge is 0.231 e. The number of aryl methyl sites for hydroxylation is 1. The van der Waals surface area contributed by atoms with Gasteiger partial charge in [0.1, 0.15) is 5.82 Å². The Bertz CT molecular complexity index is 634. The summed E-state index contributed by atoms with van der Waals surface area (Å²) in [5, 5.41) is 17.3. The summed E-state index contributed by atoms with van der Waals surface area (Å²) in [6, 6.07) is 5.67. The largest absolute Gasteiger partial charge is 0.454 e. The number of aromatic amines is 1. The number of nitrogens with one attached hydrogen (secondary N) is 1. The molecule has 0 saturated carbocycles. The van der Waals surface area contributed by atoms with Gasteiger partial charge in [-0.2, -0.15) is 0 Å². The lowest BCUT2D eigenvalue weighted by Gasteiger charge is -2.10. The van der Waals surface area contributed by atoms with Crippen LogP contribution < -0.4 is 9.47 Å². The number of ether oxygens (including phenoxy) is 3. The zero-order chi connectivity index (χ0) is 15.4. The Kier molecular flexibility index (Phi) is 4.81. The minimum absolute atomic E-state index is 0.255. The van der Waals surface area contributed by atoms with Gasteiger partial charge >= 0.3 is 0 Å². The summed E-state index contributed by atoms with van der Waals surface area (Å²) in [6.07, 6.45) is -0.571. The molecule has 0 amide bonds. The van der Waals surface area contributed by atoms with Crippen LogP contribution in [0.5, 0.6) is 11.5 Å². The van der Waals surface area contributed by atoms with Gasteiger partial charge in [-0.25, -0.2) is 4.98 Å². The molecule has 3 rings (SSSR count). The van der Waals surface area contributed by atoms with Gasteiger partial charge in [-0.05, 0) is 24.6 Å². The summed E-state index contributed by atoms with van der Waals surface area (Å²) < 4.78 is 16.1. The summed E-state index contributed by atoms with van der Waals surface area (Å²) in [5.41, 5.74) is 0.980. The normalized spacial score (nSPS) is 14.3. The number of hydrogen-bond acceptors (Lipinski definition) is 7. The first kappa shape index (κ1) is 15.1. The number of benzene rings is 1. The van der Waals surface area contributed by atoms with Gasteiger partial charge in [-0.3, -0.25) is 5.10 Å². The number of rotatable bonds is 7. The van der Waals surface area contributed by atoms with Gasteiger partial charge in [0.05, 0.1) is 19.3 Å². The highest BCUT2D eigenvalue weighted by Gasteiger charge is 2.13. The minimum Gasteiger partial charge on any atom is -0.454 e. The predicted octanol–water partition coefficient (Wildman–Crippen LogP) is 1.51. The van der Waals surface area contributed by atoms with Crippen molar-refractivity contribution in [2.75, 3.05) is 19.2 Å². The lowest BCUT2D eigenvalue weighted by molar-refractivity contribution is 0.0397. The molecule has 0 bridgehead atoms. The Morgan fingerprint density at radius 3 is 3.09 bits per heavy atom. The fourth-order valence-corrected chi connectivity index (χ4v) is 2.70. The molecular weight excluding hydrogens is 306 g/mol. The van der Waals surface area contributed by atoms with Gasteiger partial charge < -0.3 is 19.3 Å². The van der Waals surface area contributed by atoms with Crippen LogP contribution in [0.15, 0.2) is 23.4 Å². The van der Waals surface area contributed by atoms with Gasteiger partial charge in [0, 0.05) is 5.75 Å². The standard InChI is InChI=1S/C14H17N3O4S/c1-9-15-14(17-16-9)22-7-11(18)6-19-5-10-2-3-12-13(4-10)21-8-20-12/h2-4,11,18H,5-8H2,1H3,(H,15,16,17). The molecular formula is C14H17N3O4S. The van der Waals surface area contributed by atoms with Crippen molar-refractivity contribution in [1.29, 1.82) is 0 Å². The van der Waals surface area contributed by atoms with Gasteiger partial charge in [0.15, 0.2) is 11.5 Å². The molecule has 7 nitrogen and oxygen atoms in total. The first-order valence-electron chi connectivity index (χ1n) is 6.87. The number of aromatic nitrogens is 3. The molecule has 1 aliphatic heterocycles. The topological polar surface area (TPSA) is 89.5 Å².